The van der Waals surface area contributed by atoms with Gasteiger partial charge in [0.2, 0.25) is 0 Å². The second-order valence-corrected chi connectivity index (χ2v) is 7.43. The Balaban J connectivity index is 2.16. The maximum Gasteiger partial charge on any atom is 0.297 e. The average Bonchev–Trinajstić information content (AvgIpc) is 3.05. The molecule has 0 spiro atoms. The van der Waals surface area contributed by atoms with Crippen molar-refractivity contribution in [1.82, 2.24) is 14.3 Å². The summed E-state index contributed by atoms with van der Waals surface area (Å²) in [6, 6.07) is 6.12. The molecule has 0 unspecified atom stereocenters. The van der Waals surface area contributed by atoms with Gasteiger partial charge in [-0.3, -0.25) is 9.48 Å². The van der Waals surface area contributed by atoms with Crippen LogP contribution in [0.5, 0.6) is 0 Å². The number of aromatic nitrogens is 3. The quantitative estimate of drug-likeness (QED) is 0.713. The Morgan fingerprint density at radius 3 is 2.62 bits per heavy atom. The molecule has 0 saturated carbocycles. The van der Waals surface area contributed by atoms with E-state index in [2.05, 4.69) is 36.1 Å². The first-order valence-electron chi connectivity index (χ1n) is 8.00. The fourth-order valence-corrected chi connectivity index (χ4v) is 3.93. The summed E-state index contributed by atoms with van der Waals surface area (Å²) < 4.78 is 4.88. The van der Waals surface area contributed by atoms with Crippen LogP contribution in [0.2, 0.25) is 0 Å². The Hall–Kier alpha value is -2.21. The van der Waals surface area contributed by atoms with E-state index in [0.29, 0.717) is 10.5 Å². The van der Waals surface area contributed by atoms with Crippen molar-refractivity contribution in [2.75, 3.05) is 0 Å². The molecule has 0 aliphatic heterocycles. The van der Waals surface area contributed by atoms with Crippen LogP contribution in [0.15, 0.2) is 23.2 Å². The molecule has 0 bridgehead atoms. The van der Waals surface area contributed by atoms with E-state index in [0.717, 1.165) is 15.9 Å². The van der Waals surface area contributed by atoms with Crippen molar-refractivity contribution >= 4 is 27.5 Å². The zero-order chi connectivity index (χ0) is 17.6. The van der Waals surface area contributed by atoms with Crippen molar-refractivity contribution in [2.24, 2.45) is 12.0 Å². The highest BCUT2D eigenvalue weighted by Gasteiger charge is 2.16. The number of fused-ring (bicyclic) bond motifs is 1. The first-order chi connectivity index (χ1) is 11.3. The second-order valence-electron chi connectivity index (χ2n) is 6.42. The molecule has 3 rings (SSSR count). The molecular weight excluding hydrogens is 320 g/mol. The van der Waals surface area contributed by atoms with E-state index >= 15 is 0 Å². The molecule has 0 saturated heterocycles. The van der Waals surface area contributed by atoms with Gasteiger partial charge in [0.15, 0.2) is 4.80 Å². The highest BCUT2D eigenvalue weighted by atomic mass is 32.1. The van der Waals surface area contributed by atoms with Gasteiger partial charge in [-0.15, -0.1) is 0 Å². The van der Waals surface area contributed by atoms with Crippen LogP contribution < -0.4 is 4.80 Å². The zero-order valence-electron chi connectivity index (χ0n) is 14.9. The van der Waals surface area contributed by atoms with Crippen LogP contribution in [0.3, 0.4) is 0 Å². The fourth-order valence-electron chi connectivity index (χ4n) is 2.85. The van der Waals surface area contributed by atoms with Gasteiger partial charge in [0.05, 0.1) is 15.9 Å². The predicted octanol–water partition coefficient (Wildman–Crippen LogP) is 3.68. The zero-order valence-corrected chi connectivity index (χ0v) is 15.7. The Kier molecular flexibility index (Phi) is 4.17. The number of carbonyl (C=O) groups is 1. The number of nitrogens with zero attached hydrogens (tertiary/aromatic N) is 4. The molecule has 5 nitrogen and oxygen atoms in total. The summed E-state index contributed by atoms with van der Waals surface area (Å²) in [7, 11) is 1.96. The number of aryl methyl sites for hydroxylation is 4. The lowest BCUT2D eigenvalue weighted by Gasteiger charge is -2.07. The number of hydrogen-bond acceptors (Lipinski definition) is 3. The van der Waals surface area contributed by atoms with Gasteiger partial charge in [0.1, 0.15) is 5.69 Å². The number of rotatable bonds is 2. The summed E-state index contributed by atoms with van der Waals surface area (Å²) in [6.07, 6.45) is 0. The van der Waals surface area contributed by atoms with Gasteiger partial charge in [-0.05, 0) is 57.9 Å². The highest BCUT2D eigenvalue weighted by Crippen LogP contribution is 2.23. The molecule has 0 N–H and O–H groups in total. The minimum Gasteiger partial charge on any atom is -0.319 e. The van der Waals surface area contributed by atoms with Gasteiger partial charge in [0.25, 0.3) is 5.91 Å². The molecule has 1 amide bonds. The van der Waals surface area contributed by atoms with Gasteiger partial charge < -0.3 is 4.57 Å². The molecule has 0 aliphatic carbocycles. The van der Waals surface area contributed by atoms with Gasteiger partial charge >= 0.3 is 0 Å². The minimum absolute atomic E-state index is 0.119. The van der Waals surface area contributed by atoms with Crippen LogP contribution in [0, 0.1) is 20.8 Å². The molecule has 0 fully saturated rings. The maximum atomic E-state index is 12.7. The number of thiazole rings is 1. The van der Waals surface area contributed by atoms with Crippen molar-refractivity contribution < 1.29 is 4.79 Å². The molecule has 0 aliphatic rings. The summed E-state index contributed by atoms with van der Waals surface area (Å²) in [4.78, 5) is 17.8. The predicted molar refractivity (Wildman–Crippen MR) is 97.5 cm³/mol. The Labute approximate surface area is 145 Å². The van der Waals surface area contributed by atoms with E-state index in [4.69, 9.17) is 0 Å². The standard InChI is InChI=1S/C18H22N4OS/c1-10(2)22-14(9-12(4)20-22)17(23)19-18-21(6)16-13(5)11(3)7-8-15(16)24-18/h7-10H,1-6H3. The van der Waals surface area contributed by atoms with Crippen LogP contribution in [0.25, 0.3) is 10.2 Å². The maximum absolute atomic E-state index is 12.7. The van der Waals surface area contributed by atoms with Crippen LogP contribution in [0.1, 0.15) is 47.2 Å². The van der Waals surface area contributed by atoms with E-state index in [-0.39, 0.29) is 11.9 Å². The van der Waals surface area contributed by atoms with Crippen LogP contribution in [-0.4, -0.2) is 20.3 Å². The lowest BCUT2D eigenvalue weighted by Crippen LogP contribution is -2.17. The smallest absolute Gasteiger partial charge is 0.297 e. The Morgan fingerprint density at radius 2 is 1.96 bits per heavy atom. The first kappa shape index (κ1) is 16.6. The number of carbonyl (C=O) groups excluding carboxylic acids is 1. The molecule has 24 heavy (non-hydrogen) atoms. The highest BCUT2D eigenvalue weighted by molar-refractivity contribution is 7.16. The summed E-state index contributed by atoms with van der Waals surface area (Å²) in [5, 5.41) is 4.40. The van der Waals surface area contributed by atoms with E-state index in [1.165, 1.54) is 22.5 Å². The molecule has 126 valence electrons. The summed E-state index contributed by atoms with van der Waals surface area (Å²) in [5.41, 5.74) is 4.97. The van der Waals surface area contributed by atoms with E-state index in [1.54, 1.807) is 10.7 Å². The van der Waals surface area contributed by atoms with E-state index in [9.17, 15) is 4.79 Å². The second kappa shape index (κ2) is 6.02. The van der Waals surface area contributed by atoms with Gasteiger partial charge in [-0.1, -0.05) is 17.4 Å². The minimum atomic E-state index is -0.249. The molecular formula is C18H22N4OS. The SMILES string of the molecule is Cc1cc(C(=O)N=c2sc3ccc(C)c(C)c3n2C)n(C(C)C)n1. The van der Waals surface area contributed by atoms with Gasteiger partial charge in [-0.2, -0.15) is 10.1 Å². The van der Waals surface area contributed by atoms with E-state index < -0.39 is 0 Å². The van der Waals surface area contributed by atoms with Gasteiger partial charge in [0, 0.05) is 13.1 Å². The monoisotopic (exact) mass is 342 g/mol. The van der Waals surface area contributed by atoms with Gasteiger partial charge in [-0.25, -0.2) is 0 Å². The Morgan fingerprint density at radius 1 is 1.25 bits per heavy atom. The van der Waals surface area contributed by atoms with Crippen molar-refractivity contribution in [1.29, 1.82) is 0 Å². The molecule has 6 heteroatoms. The van der Waals surface area contributed by atoms with Crippen LogP contribution >= 0.6 is 11.3 Å². The van der Waals surface area contributed by atoms with Crippen molar-refractivity contribution in [2.45, 2.75) is 40.7 Å². The van der Waals surface area contributed by atoms with Crippen LogP contribution in [-0.2, 0) is 7.05 Å². The number of amides is 1. The summed E-state index contributed by atoms with van der Waals surface area (Å²) in [5.74, 6) is -0.249. The fraction of sp³-hybridized carbons (Fsp3) is 0.389. The summed E-state index contributed by atoms with van der Waals surface area (Å²) >= 11 is 1.54. The molecule has 0 radical (unpaired) electrons. The molecule has 2 heterocycles. The lowest BCUT2D eigenvalue weighted by molar-refractivity contribution is 0.0986. The topological polar surface area (TPSA) is 52.2 Å². The third-order valence-electron chi connectivity index (χ3n) is 4.25. The van der Waals surface area contributed by atoms with Crippen LogP contribution in [0.4, 0.5) is 0 Å². The normalized spacial score (nSPS) is 12.5. The third kappa shape index (κ3) is 2.71. The lowest BCUT2D eigenvalue weighted by atomic mass is 10.1. The van der Waals surface area contributed by atoms with Crippen molar-refractivity contribution in [3.8, 4) is 0 Å². The average molecular weight is 342 g/mol. The van der Waals surface area contributed by atoms with Crippen molar-refractivity contribution in [3.05, 3.63) is 45.5 Å². The Bertz CT molecular complexity index is 1000. The molecule has 0 atom stereocenters. The van der Waals surface area contributed by atoms with E-state index in [1.807, 2.05) is 32.4 Å². The summed E-state index contributed by atoms with van der Waals surface area (Å²) in [6.45, 7) is 10.1. The molecule has 2 aromatic heterocycles. The number of benzene rings is 1. The number of hydrogen-bond donors (Lipinski definition) is 0. The molecule has 3 aromatic rings. The van der Waals surface area contributed by atoms with Crippen molar-refractivity contribution in [3.63, 3.8) is 0 Å². The molecule has 1 aromatic carbocycles. The largest absolute Gasteiger partial charge is 0.319 e. The first-order valence-corrected chi connectivity index (χ1v) is 8.82. The third-order valence-corrected chi connectivity index (χ3v) is 5.35.